The minimum Gasteiger partial charge on any atom is -0.488 e. The van der Waals surface area contributed by atoms with Gasteiger partial charge in [0.2, 0.25) is 0 Å². The van der Waals surface area contributed by atoms with Gasteiger partial charge in [-0.05, 0) is 82.0 Å². The zero-order valence-corrected chi connectivity index (χ0v) is 21.9. The zero-order chi connectivity index (χ0) is 25.3. The quantitative estimate of drug-likeness (QED) is 0.256. The fourth-order valence-electron chi connectivity index (χ4n) is 3.29. The van der Waals surface area contributed by atoms with Crippen LogP contribution in [0.1, 0.15) is 16.7 Å². The predicted octanol–water partition coefficient (Wildman–Crippen LogP) is 6.96. The number of rotatable bonds is 5. The van der Waals surface area contributed by atoms with Gasteiger partial charge in [-0.3, -0.25) is 14.9 Å². The summed E-state index contributed by atoms with van der Waals surface area (Å²) >= 11 is 21.6. The molecule has 10 heteroatoms. The van der Waals surface area contributed by atoms with E-state index in [1.807, 2.05) is 6.07 Å². The van der Waals surface area contributed by atoms with Crippen LogP contribution in [0.25, 0.3) is 6.08 Å². The number of halogens is 4. The number of nitrogens with one attached hydrogen (secondary N) is 1. The van der Waals surface area contributed by atoms with Crippen LogP contribution in [0.15, 0.2) is 64.6 Å². The number of imide groups is 2. The fraction of sp³-hybridized carbons (Fsp3) is 0.0800. The van der Waals surface area contributed by atoms with Crippen LogP contribution in [0.2, 0.25) is 15.1 Å². The second kappa shape index (κ2) is 10.4. The lowest BCUT2D eigenvalue weighted by molar-refractivity contribution is -0.122. The summed E-state index contributed by atoms with van der Waals surface area (Å²) in [5.41, 5.74) is 2.24. The minimum absolute atomic E-state index is 0.197. The van der Waals surface area contributed by atoms with E-state index in [0.717, 1.165) is 16.0 Å². The van der Waals surface area contributed by atoms with E-state index in [9.17, 15) is 14.4 Å². The van der Waals surface area contributed by atoms with Gasteiger partial charge in [0.25, 0.3) is 11.8 Å². The van der Waals surface area contributed by atoms with Crippen molar-refractivity contribution in [2.24, 2.45) is 0 Å². The van der Waals surface area contributed by atoms with E-state index < -0.39 is 17.8 Å². The molecule has 4 rings (SSSR count). The van der Waals surface area contributed by atoms with Crippen LogP contribution in [0.4, 0.5) is 10.5 Å². The van der Waals surface area contributed by atoms with Crippen molar-refractivity contribution >= 4 is 80.3 Å². The molecular formula is C25H16BrCl3N2O4. The Kier molecular flexibility index (Phi) is 7.52. The summed E-state index contributed by atoms with van der Waals surface area (Å²) in [6.07, 6.45) is 1.40. The third kappa shape index (κ3) is 5.54. The molecule has 4 amide bonds. The molecule has 0 radical (unpaired) electrons. The lowest BCUT2D eigenvalue weighted by atomic mass is 10.1. The van der Waals surface area contributed by atoms with Crippen molar-refractivity contribution in [1.29, 1.82) is 0 Å². The van der Waals surface area contributed by atoms with Crippen LogP contribution < -0.4 is 15.0 Å². The van der Waals surface area contributed by atoms with Gasteiger partial charge < -0.3 is 4.74 Å². The Hall–Kier alpha value is -2.84. The van der Waals surface area contributed by atoms with Crippen molar-refractivity contribution < 1.29 is 19.1 Å². The van der Waals surface area contributed by atoms with Crippen molar-refractivity contribution in [3.63, 3.8) is 0 Å². The molecule has 0 spiro atoms. The van der Waals surface area contributed by atoms with E-state index >= 15 is 0 Å². The Morgan fingerprint density at radius 3 is 2.40 bits per heavy atom. The highest BCUT2D eigenvalue weighted by Crippen LogP contribution is 2.30. The fourth-order valence-corrected chi connectivity index (χ4v) is 4.30. The average Bonchev–Trinajstić information content (AvgIpc) is 2.80. The first-order chi connectivity index (χ1) is 16.6. The van der Waals surface area contributed by atoms with Gasteiger partial charge in [0, 0.05) is 5.02 Å². The summed E-state index contributed by atoms with van der Waals surface area (Å²) in [6.45, 7) is 2.06. The van der Waals surface area contributed by atoms with Crippen LogP contribution in [-0.4, -0.2) is 17.8 Å². The number of nitrogens with zero attached hydrogens (tertiary/aromatic N) is 1. The maximum Gasteiger partial charge on any atom is 0.335 e. The SMILES string of the molecule is Cc1ccc(N2C(=O)NC(=O)/C(=C/c3ccc(OCc4ccc(Cl)c(Cl)c4)c(Br)c3)C2=O)cc1Cl. The van der Waals surface area contributed by atoms with Crippen LogP contribution >= 0.6 is 50.7 Å². The lowest BCUT2D eigenvalue weighted by Crippen LogP contribution is -2.54. The van der Waals surface area contributed by atoms with Crippen LogP contribution in [0, 0.1) is 6.92 Å². The van der Waals surface area contributed by atoms with Crippen molar-refractivity contribution in [2.75, 3.05) is 4.90 Å². The van der Waals surface area contributed by atoms with E-state index in [1.165, 1.54) is 12.1 Å². The molecule has 0 aromatic heterocycles. The molecule has 0 saturated carbocycles. The smallest absolute Gasteiger partial charge is 0.335 e. The van der Waals surface area contributed by atoms with Crippen molar-refractivity contribution in [2.45, 2.75) is 13.5 Å². The second-order valence-corrected chi connectivity index (χ2v) is 9.69. The largest absolute Gasteiger partial charge is 0.488 e. The average molecular weight is 595 g/mol. The van der Waals surface area contributed by atoms with Gasteiger partial charge in [0.15, 0.2) is 0 Å². The molecule has 1 fully saturated rings. The highest BCUT2D eigenvalue weighted by molar-refractivity contribution is 9.10. The van der Waals surface area contributed by atoms with Gasteiger partial charge in [0.05, 0.1) is 20.2 Å². The Labute approximate surface area is 224 Å². The third-order valence-corrected chi connectivity index (χ3v) is 6.93. The molecule has 6 nitrogen and oxygen atoms in total. The molecule has 0 atom stereocenters. The molecule has 0 aliphatic carbocycles. The number of amides is 4. The Morgan fingerprint density at radius 2 is 1.71 bits per heavy atom. The summed E-state index contributed by atoms with van der Waals surface area (Å²) < 4.78 is 6.44. The van der Waals surface area contributed by atoms with E-state index in [1.54, 1.807) is 49.4 Å². The minimum atomic E-state index is -0.843. The number of barbiturate groups is 1. The first kappa shape index (κ1) is 25.3. The highest BCUT2D eigenvalue weighted by atomic mass is 79.9. The van der Waals surface area contributed by atoms with Gasteiger partial charge in [-0.1, -0.05) is 53.0 Å². The van der Waals surface area contributed by atoms with E-state index in [2.05, 4.69) is 21.2 Å². The Balaban J connectivity index is 1.56. The summed E-state index contributed by atoms with van der Waals surface area (Å²) in [5.74, 6) is -0.996. The molecule has 1 saturated heterocycles. The Morgan fingerprint density at radius 1 is 0.943 bits per heavy atom. The lowest BCUT2D eigenvalue weighted by Gasteiger charge is -2.26. The van der Waals surface area contributed by atoms with Crippen molar-refractivity contribution in [3.05, 3.63) is 96.4 Å². The summed E-state index contributed by atoms with van der Waals surface area (Å²) in [4.78, 5) is 38.8. The number of anilines is 1. The first-order valence-corrected chi connectivity index (χ1v) is 12.1. The number of ether oxygens (including phenoxy) is 1. The third-order valence-electron chi connectivity index (χ3n) is 5.16. The molecule has 0 unspecified atom stereocenters. The molecule has 3 aromatic carbocycles. The summed E-state index contributed by atoms with van der Waals surface area (Å²) in [7, 11) is 0. The molecule has 0 bridgehead atoms. The number of hydrogen-bond acceptors (Lipinski definition) is 4. The molecule has 35 heavy (non-hydrogen) atoms. The van der Waals surface area contributed by atoms with E-state index in [4.69, 9.17) is 39.5 Å². The van der Waals surface area contributed by atoms with Gasteiger partial charge in [-0.2, -0.15) is 0 Å². The van der Waals surface area contributed by atoms with Crippen molar-refractivity contribution in [3.8, 4) is 5.75 Å². The summed E-state index contributed by atoms with van der Waals surface area (Å²) in [5, 5.41) is 3.48. The molecule has 3 aromatic rings. The van der Waals surface area contributed by atoms with Gasteiger partial charge in [-0.25, -0.2) is 9.69 Å². The number of benzene rings is 3. The van der Waals surface area contributed by atoms with E-state index in [-0.39, 0.29) is 17.9 Å². The molecule has 1 heterocycles. The van der Waals surface area contributed by atoms with Crippen LogP contribution in [0.5, 0.6) is 5.75 Å². The van der Waals surface area contributed by atoms with Gasteiger partial charge in [0.1, 0.15) is 17.9 Å². The van der Waals surface area contributed by atoms with E-state index in [0.29, 0.717) is 30.9 Å². The van der Waals surface area contributed by atoms with Crippen LogP contribution in [0.3, 0.4) is 0 Å². The molecule has 1 aliphatic heterocycles. The van der Waals surface area contributed by atoms with Crippen molar-refractivity contribution in [1.82, 2.24) is 5.32 Å². The number of hydrogen-bond donors (Lipinski definition) is 1. The van der Waals surface area contributed by atoms with Crippen LogP contribution in [-0.2, 0) is 16.2 Å². The Bertz CT molecular complexity index is 1410. The number of carbonyl (C=O) groups is 3. The molecule has 1 aliphatic rings. The number of carbonyl (C=O) groups excluding carboxylic acids is 3. The maximum absolute atomic E-state index is 13.1. The first-order valence-electron chi connectivity index (χ1n) is 10.2. The maximum atomic E-state index is 13.1. The standard InChI is InChI=1S/C25H16BrCl3N2O4/c1-13-2-5-16(11-20(13)28)31-24(33)17(23(32)30-25(31)34)8-14-4-7-22(18(26)9-14)35-12-15-3-6-19(27)21(29)10-15/h2-11H,12H2,1H3,(H,30,32,34)/b17-8-. The second-order valence-electron chi connectivity index (χ2n) is 7.62. The normalized spacial score (nSPS) is 14.9. The predicted molar refractivity (Wildman–Crippen MR) is 140 cm³/mol. The molecule has 178 valence electrons. The number of aryl methyl sites for hydroxylation is 1. The summed E-state index contributed by atoms with van der Waals surface area (Å²) in [6, 6.07) is 14.2. The number of urea groups is 1. The molecule has 1 N–H and O–H groups in total. The highest BCUT2D eigenvalue weighted by Gasteiger charge is 2.37. The monoisotopic (exact) mass is 592 g/mol. The van der Waals surface area contributed by atoms with Gasteiger partial charge >= 0.3 is 6.03 Å². The van der Waals surface area contributed by atoms with Gasteiger partial charge in [-0.15, -0.1) is 0 Å². The topological polar surface area (TPSA) is 75.7 Å². The zero-order valence-electron chi connectivity index (χ0n) is 18.1. The molecular weight excluding hydrogens is 579 g/mol.